The largest absolute Gasteiger partial charge is 0.295 e. The molecule has 2 atom stereocenters. The number of rotatable bonds is 4. The van der Waals surface area contributed by atoms with Gasteiger partial charge in [-0.05, 0) is 31.9 Å². The van der Waals surface area contributed by atoms with Crippen LogP contribution < -0.4 is 4.72 Å². The molecule has 6 heteroatoms. The number of hydrogen-bond acceptors (Lipinski definition) is 3. The lowest BCUT2D eigenvalue weighted by atomic mass is 9.96. The zero-order valence-corrected chi connectivity index (χ0v) is 12.9. The van der Waals surface area contributed by atoms with E-state index in [4.69, 9.17) is 11.6 Å². The van der Waals surface area contributed by atoms with E-state index in [0.717, 1.165) is 25.7 Å². The smallest absolute Gasteiger partial charge is 0.240 e. The summed E-state index contributed by atoms with van der Waals surface area (Å²) in [5.74, 6) is -0.0880. The molecule has 1 aliphatic rings. The summed E-state index contributed by atoms with van der Waals surface area (Å²) < 4.78 is 27.2. The molecule has 110 valence electrons. The van der Waals surface area contributed by atoms with E-state index < -0.39 is 10.0 Å². The van der Waals surface area contributed by atoms with Crippen LogP contribution >= 0.6 is 11.6 Å². The molecule has 0 aliphatic heterocycles. The van der Waals surface area contributed by atoms with Gasteiger partial charge in [-0.25, -0.2) is 13.1 Å². The molecule has 1 N–H and O–H groups in total. The number of carbonyl (C=O) groups is 1. The quantitative estimate of drug-likeness (QED) is 0.686. The summed E-state index contributed by atoms with van der Waals surface area (Å²) in [6.07, 6.45) is 3.62. The molecular formula is C14H18ClNO3S. The van der Waals surface area contributed by atoms with Gasteiger partial charge in [0.1, 0.15) is 0 Å². The van der Waals surface area contributed by atoms with E-state index in [1.807, 2.05) is 0 Å². The first-order valence-electron chi connectivity index (χ1n) is 6.67. The fourth-order valence-corrected chi connectivity index (χ4v) is 4.08. The number of hydrogen-bond donors (Lipinski definition) is 1. The minimum Gasteiger partial charge on any atom is -0.295 e. The van der Waals surface area contributed by atoms with Crippen molar-refractivity contribution in [3.63, 3.8) is 0 Å². The average molecular weight is 316 g/mol. The van der Waals surface area contributed by atoms with E-state index >= 15 is 0 Å². The van der Waals surface area contributed by atoms with Crippen molar-refractivity contribution < 1.29 is 13.2 Å². The first-order chi connectivity index (χ1) is 9.40. The number of benzene rings is 1. The molecule has 0 amide bonds. The highest BCUT2D eigenvalue weighted by Gasteiger charge is 2.28. The second-order valence-corrected chi connectivity index (χ2v) is 7.38. The van der Waals surface area contributed by atoms with Gasteiger partial charge in [0.15, 0.2) is 5.78 Å². The lowest BCUT2D eigenvalue weighted by molar-refractivity contribution is 0.101. The molecule has 20 heavy (non-hydrogen) atoms. The second kappa shape index (κ2) is 6.24. The lowest BCUT2D eigenvalue weighted by Crippen LogP contribution is -2.42. The molecule has 2 rings (SSSR count). The molecule has 0 heterocycles. The maximum Gasteiger partial charge on any atom is 0.240 e. The van der Waals surface area contributed by atoms with Crippen LogP contribution in [0.5, 0.6) is 0 Å². The van der Waals surface area contributed by atoms with Crippen LogP contribution in [0.4, 0.5) is 0 Å². The molecule has 1 aromatic carbocycles. The molecule has 1 saturated carbocycles. The number of sulfonamides is 1. The minimum absolute atomic E-state index is 0.0880. The highest BCUT2D eigenvalue weighted by molar-refractivity contribution is 7.89. The molecule has 0 saturated heterocycles. The van der Waals surface area contributed by atoms with Crippen molar-refractivity contribution in [3.05, 3.63) is 29.8 Å². The third-order valence-corrected chi connectivity index (χ3v) is 5.59. The monoisotopic (exact) mass is 315 g/mol. The molecule has 0 aromatic heterocycles. The molecule has 0 spiro atoms. The topological polar surface area (TPSA) is 63.2 Å². The number of nitrogens with one attached hydrogen (secondary N) is 1. The maximum atomic E-state index is 12.3. The van der Waals surface area contributed by atoms with Gasteiger partial charge in [-0.15, -0.1) is 11.6 Å². The number of alkyl halides is 1. The number of carbonyl (C=O) groups excluding carboxylic acids is 1. The van der Waals surface area contributed by atoms with Gasteiger partial charge in [-0.3, -0.25) is 4.79 Å². The summed E-state index contributed by atoms with van der Waals surface area (Å²) in [6.45, 7) is 1.45. The molecule has 1 fully saturated rings. The van der Waals surface area contributed by atoms with Crippen LogP contribution in [0.25, 0.3) is 0 Å². The van der Waals surface area contributed by atoms with E-state index in [0.29, 0.717) is 5.56 Å². The van der Waals surface area contributed by atoms with Gasteiger partial charge in [0, 0.05) is 17.0 Å². The van der Waals surface area contributed by atoms with Crippen molar-refractivity contribution in [1.82, 2.24) is 4.72 Å². The van der Waals surface area contributed by atoms with E-state index in [2.05, 4.69) is 4.72 Å². The third-order valence-electron chi connectivity index (χ3n) is 3.56. The molecule has 4 nitrogen and oxygen atoms in total. The Hall–Kier alpha value is -0.910. The van der Waals surface area contributed by atoms with Gasteiger partial charge >= 0.3 is 0 Å². The Kier molecular flexibility index (Phi) is 4.83. The zero-order valence-electron chi connectivity index (χ0n) is 11.3. The van der Waals surface area contributed by atoms with Gasteiger partial charge < -0.3 is 0 Å². The van der Waals surface area contributed by atoms with Gasteiger partial charge in [0.2, 0.25) is 10.0 Å². The van der Waals surface area contributed by atoms with Crippen molar-refractivity contribution in [1.29, 1.82) is 0 Å². The standard InChI is InChI=1S/C14H18ClNO3S/c1-10(17)11-6-8-12(9-7-11)20(18,19)16-14-5-3-2-4-13(14)15/h6-9,13-14,16H,2-5H2,1H3. The maximum absolute atomic E-state index is 12.3. The Labute approximate surface area is 124 Å². The van der Waals surface area contributed by atoms with Crippen LogP contribution in [0.1, 0.15) is 43.0 Å². The first kappa shape index (κ1) is 15.5. The molecule has 0 radical (unpaired) electrons. The van der Waals surface area contributed by atoms with Crippen LogP contribution in [0.2, 0.25) is 0 Å². The van der Waals surface area contributed by atoms with Crippen LogP contribution in [-0.2, 0) is 10.0 Å². The van der Waals surface area contributed by atoms with E-state index in [1.165, 1.54) is 31.2 Å². The van der Waals surface area contributed by atoms with Gasteiger partial charge in [-0.2, -0.15) is 0 Å². The summed E-state index contributed by atoms with van der Waals surface area (Å²) in [5.41, 5.74) is 0.497. The Morgan fingerprint density at radius 1 is 1.20 bits per heavy atom. The van der Waals surface area contributed by atoms with Crippen molar-refractivity contribution in [2.75, 3.05) is 0 Å². The molecular weight excluding hydrogens is 298 g/mol. The second-order valence-electron chi connectivity index (χ2n) is 5.11. The Morgan fingerprint density at radius 2 is 1.80 bits per heavy atom. The number of ketones is 1. The lowest BCUT2D eigenvalue weighted by Gasteiger charge is -2.27. The number of halogens is 1. The van der Waals surface area contributed by atoms with Gasteiger partial charge in [0.05, 0.1) is 4.90 Å². The summed E-state index contributed by atoms with van der Waals surface area (Å²) in [5, 5.41) is -0.157. The average Bonchev–Trinajstić information content (AvgIpc) is 2.41. The summed E-state index contributed by atoms with van der Waals surface area (Å²) >= 11 is 6.17. The predicted molar refractivity (Wildman–Crippen MR) is 78.7 cm³/mol. The predicted octanol–water partition coefficient (Wildman–Crippen LogP) is 2.72. The highest BCUT2D eigenvalue weighted by Crippen LogP contribution is 2.24. The van der Waals surface area contributed by atoms with Gasteiger partial charge in [-0.1, -0.05) is 25.0 Å². The fraction of sp³-hybridized carbons (Fsp3) is 0.500. The van der Waals surface area contributed by atoms with E-state index in [9.17, 15) is 13.2 Å². The van der Waals surface area contributed by atoms with Gasteiger partial charge in [0.25, 0.3) is 0 Å². The van der Waals surface area contributed by atoms with E-state index in [1.54, 1.807) is 0 Å². The summed E-state index contributed by atoms with van der Waals surface area (Å²) in [7, 11) is -3.58. The molecule has 1 aliphatic carbocycles. The fourth-order valence-electron chi connectivity index (χ4n) is 2.35. The SMILES string of the molecule is CC(=O)c1ccc(S(=O)(=O)NC2CCCCC2Cl)cc1. The first-order valence-corrected chi connectivity index (χ1v) is 8.59. The number of Topliss-reactive ketones (excluding diaryl/α,β-unsaturated/α-hetero) is 1. The Morgan fingerprint density at radius 3 is 2.35 bits per heavy atom. The van der Waals surface area contributed by atoms with Crippen LogP contribution in [0, 0.1) is 0 Å². The minimum atomic E-state index is -3.58. The van der Waals surface area contributed by atoms with E-state index in [-0.39, 0.29) is 22.1 Å². The molecule has 0 bridgehead atoms. The normalized spacial score (nSPS) is 23.5. The van der Waals surface area contributed by atoms with Crippen LogP contribution in [0.3, 0.4) is 0 Å². The zero-order chi connectivity index (χ0) is 14.8. The third kappa shape index (κ3) is 3.59. The van der Waals surface area contributed by atoms with Crippen molar-refractivity contribution in [2.45, 2.75) is 48.9 Å². The van der Waals surface area contributed by atoms with Crippen LogP contribution in [0.15, 0.2) is 29.2 Å². The van der Waals surface area contributed by atoms with Crippen molar-refractivity contribution in [3.8, 4) is 0 Å². The summed E-state index contributed by atoms with van der Waals surface area (Å²) in [6, 6.07) is 5.73. The highest BCUT2D eigenvalue weighted by atomic mass is 35.5. The van der Waals surface area contributed by atoms with Crippen molar-refractivity contribution >= 4 is 27.4 Å². The molecule has 2 unspecified atom stereocenters. The Bertz CT molecular complexity index is 583. The van der Waals surface area contributed by atoms with Crippen molar-refractivity contribution in [2.24, 2.45) is 0 Å². The molecule has 1 aromatic rings. The summed E-state index contributed by atoms with van der Waals surface area (Å²) in [4.78, 5) is 11.3. The Balaban J connectivity index is 2.15. The van der Waals surface area contributed by atoms with Crippen LogP contribution in [-0.4, -0.2) is 25.6 Å².